The summed E-state index contributed by atoms with van der Waals surface area (Å²) in [5, 5.41) is 1.53. The molecule has 1 atom stereocenters. The van der Waals surface area contributed by atoms with E-state index in [4.69, 9.17) is 0 Å². The Bertz CT molecular complexity index is 579. The SMILES string of the molecule is Cc1cc(C)c([P](=O)c2ccc(F)cc2)c(C)c1. The molecule has 0 heterocycles. The maximum atomic E-state index is 12.9. The smallest absolute Gasteiger partial charge is 0.137 e. The van der Waals surface area contributed by atoms with Crippen LogP contribution in [-0.4, -0.2) is 0 Å². The van der Waals surface area contributed by atoms with Crippen LogP contribution in [0.5, 0.6) is 0 Å². The molecule has 0 N–H and O–H groups in total. The largest absolute Gasteiger partial charge is 0.277 e. The van der Waals surface area contributed by atoms with Gasteiger partial charge in [-0.05, 0) is 56.2 Å². The topological polar surface area (TPSA) is 17.1 Å². The number of aryl methyl sites for hydroxylation is 3. The van der Waals surface area contributed by atoms with Crippen molar-refractivity contribution in [2.24, 2.45) is 0 Å². The Labute approximate surface area is 107 Å². The van der Waals surface area contributed by atoms with Crippen LogP contribution in [0.15, 0.2) is 36.4 Å². The van der Waals surface area contributed by atoms with Gasteiger partial charge in [-0.15, -0.1) is 0 Å². The van der Waals surface area contributed by atoms with E-state index in [0.717, 1.165) is 22.0 Å². The molecule has 0 aliphatic rings. The van der Waals surface area contributed by atoms with E-state index in [1.54, 1.807) is 12.1 Å². The van der Waals surface area contributed by atoms with Crippen molar-refractivity contribution in [2.75, 3.05) is 0 Å². The Balaban J connectivity index is 2.49. The molecule has 2 aromatic carbocycles. The molecule has 0 amide bonds. The van der Waals surface area contributed by atoms with Gasteiger partial charge in [0.15, 0.2) is 0 Å². The minimum Gasteiger partial charge on any atom is -0.277 e. The number of rotatable bonds is 2. The van der Waals surface area contributed by atoms with Gasteiger partial charge < -0.3 is 0 Å². The maximum absolute atomic E-state index is 12.9. The van der Waals surface area contributed by atoms with E-state index in [1.165, 1.54) is 12.1 Å². The van der Waals surface area contributed by atoms with E-state index in [-0.39, 0.29) is 5.82 Å². The molecule has 0 bridgehead atoms. The summed E-state index contributed by atoms with van der Waals surface area (Å²) >= 11 is 0. The van der Waals surface area contributed by atoms with Gasteiger partial charge in [-0.3, -0.25) is 4.57 Å². The lowest BCUT2D eigenvalue weighted by molar-refractivity contribution is 0.598. The van der Waals surface area contributed by atoms with Crippen LogP contribution in [0.2, 0.25) is 0 Å². The predicted molar refractivity (Wildman–Crippen MR) is 73.9 cm³/mol. The molecule has 0 aliphatic carbocycles. The molecule has 0 fully saturated rings. The summed E-state index contributed by atoms with van der Waals surface area (Å²) in [6, 6.07) is 9.93. The van der Waals surface area contributed by atoms with Gasteiger partial charge in [0.05, 0.1) is 0 Å². The van der Waals surface area contributed by atoms with Gasteiger partial charge in [-0.25, -0.2) is 4.39 Å². The number of halogens is 1. The quantitative estimate of drug-likeness (QED) is 0.756. The van der Waals surface area contributed by atoms with Crippen LogP contribution in [0.1, 0.15) is 16.7 Å². The van der Waals surface area contributed by atoms with E-state index < -0.39 is 7.80 Å². The average Bonchev–Trinajstić information content (AvgIpc) is 2.28. The van der Waals surface area contributed by atoms with Crippen molar-refractivity contribution in [3.63, 3.8) is 0 Å². The first kappa shape index (κ1) is 12.9. The highest BCUT2D eigenvalue weighted by atomic mass is 31.1. The Morgan fingerprint density at radius 2 is 1.44 bits per heavy atom. The molecule has 0 aromatic heterocycles. The van der Waals surface area contributed by atoms with E-state index in [2.05, 4.69) is 0 Å². The zero-order valence-corrected chi connectivity index (χ0v) is 11.6. The van der Waals surface area contributed by atoms with Gasteiger partial charge >= 0.3 is 0 Å². The van der Waals surface area contributed by atoms with Crippen molar-refractivity contribution in [3.8, 4) is 0 Å². The van der Waals surface area contributed by atoms with Gasteiger partial charge in [0.1, 0.15) is 13.6 Å². The lowest BCUT2D eigenvalue weighted by Gasteiger charge is -2.10. The first-order valence-electron chi connectivity index (χ1n) is 5.79. The third kappa shape index (κ3) is 2.49. The molecule has 2 aromatic rings. The normalized spacial score (nSPS) is 11.4. The monoisotopic (exact) mass is 261 g/mol. The summed E-state index contributed by atoms with van der Waals surface area (Å²) in [4.78, 5) is 0. The van der Waals surface area contributed by atoms with E-state index >= 15 is 0 Å². The van der Waals surface area contributed by atoms with E-state index in [0.29, 0.717) is 5.30 Å². The summed E-state index contributed by atoms with van der Waals surface area (Å²) in [5.41, 5.74) is 3.21. The molecule has 18 heavy (non-hydrogen) atoms. The lowest BCUT2D eigenvalue weighted by Crippen LogP contribution is -2.13. The van der Waals surface area contributed by atoms with Gasteiger partial charge in [0, 0.05) is 10.6 Å². The minimum absolute atomic E-state index is 0.306. The van der Waals surface area contributed by atoms with E-state index in [9.17, 15) is 8.96 Å². The second kappa shape index (κ2) is 4.99. The Kier molecular flexibility index (Phi) is 3.58. The Hall–Kier alpha value is -1.53. The summed E-state index contributed by atoms with van der Waals surface area (Å²) in [5.74, 6) is -0.306. The Morgan fingerprint density at radius 3 is 1.94 bits per heavy atom. The third-order valence-electron chi connectivity index (χ3n) is 2.90. The van der Waals surface area contributed by atoms with Gasteiger partial charge in [-0.2, -0.15) is 0 Å². The molecule has 3 heteroatoms. The van der Waals surface area contributed by atoms with Crippen molar-refractivity contribution < 1.29 is 8.96 Å². The fourth-order valence-corrected chi connectivity index (χ4v) is 3.65. The summed E-state index contributed by atoms with van der Waals surface area (Å²) < 4.78 is 25.4. The highest BCUT2D eigenvalue weighted by molar-refractivity contribution is 7.61. The fourth-order valence-electron chi connectivity index (χ4n) is 2.20. The molecule has 2 rings (SSSR count). The van der Waals surface area contributed by atoms with Crippen LogP contribution in [0.4, 0.5) is 4.39 Å². The van der Waals surface area contributed by atoms with Gasteiger partial charge in [-0.1, -0.05) is 17.7 Å². The summed E-state index contributed by atoms with van der Waals surface area (Å²) in [7, 11) is -1.65. The zero-order chi connectivity index (χ0) is 13.3. The van der Waals surface area contributed by atoms with Crippen LogP contribution in [0, 0.1) is 26.6 Å². The van der Waals surface area contributed by atoms with Crippen molar-refractivity contribution in [2.45, 2.75) is 20.8 Å². The highest BCUT2D eigenvalue weighted by Crippen LogP contribution is 2.24. The van der Waals surface area contributed by atoms with Crippen molar-refractivity contribution in [1.29, 1.82) is 0 Å². The van der Waals surface area contributed by atoms with Crippen molar-refractivity contribution in [3.05, 3.63) is 58.9 Å². The van der Waals surface area contributed by atoms with Crippen molar-refractivity contribution in [1.82, 2.24) is 0 Å². The average molecular weight is 261 g/mol. The molecule has 0 saturated carbocycles. The molecule has 0 saturated heterocycles. The van der Waals surface area contributed by atoms with Gasteiger partial charge in [0.25, 0.3) is 0 Å². The highest BCUT2D eigenvalue weighted by Gasteiger charge is 2.14. The van der Waals surface area contributed by atoms with E-state index in [1.807, 2.05) is 32.9 Å². The second-order valence-electron chi connectivity index (χ2n) is 4.52. The molecular weight excluding hydrogens is 246 g/mol. The standard InChI is InChI=1S/C15H15FOP/c1-10-8-11(2)15(12(3)9-10)18(17)14-6-4-13(16)5-7-14/h4-9H,1-3H3. The molecule has 1 radical (unpaired) electrons. The molecule has 0 aliphatic heterocycles. The van der Waals surface area contributed by atoms with Crippen LogP contribution in [-0.2, 0) is 4.57 Å². The zero-order valence-electron chi connectivity index (χ0n) is 10.7. The molecule has 1 nitrogen and oxygen atoms in total. The first-order valence-corrected chi connectivity index (χ1v) is 7.05. The maximum Gasteiger partial charge on any atom is 0.137 e. The van der Waals surface area contributed by atoms with Crippen LogP contribution in [0.3, 0.4) is 0 Å². The first-order chi connectivity index (χ1) is 8.49. The van der Waals surface area contributed by atoms with Crippen LogP contribution < -0.4 is 10.6 Å². The summed E-state index contributed by atoms with van der Waals surface area (Å²) in [6.45, 7) is 5.95. The van der Waals surface area contributed by atoms with Crippen LogP contribution in [0.25, 0.3) is 0 Å². The minimum atomic E-state index is -1.65. The predicted octanol–water partition coefficient (Wildman–Crippen LogP) is 3.53. The third-order valence-corrected chi connectivity index (χ3v) is 4.78. The van der Waals surface area contributed by atoms with Crippen molar-refractivity contribution >= 4 is 18.4 Å². The summed E-state index contributed by atoms with van der Waals surface area (Å²) in [6.07, 6.45) is 0. The van der Waals surface area contributed by atoms with Crippen LogP contribution >= 0.6 is 7.80 Å². The number of hydrogen-bond donors (Lipinski definition) is 0. The molecule has 1 unspecified atom stereocenters. The molecule has 93 valence electrons. The second-order valence-corrected chi connectivity index (χ2v) is 6.07. The molecule has 0 spiro atoms. The number of hydrogen-bond acceptors (Lipinski definition) is 1. The van der Waals surface area contributed by atoms with Gasteiger partial charge in [0.2, 0.25) is 0 Å². The number of benzene rings is 2. The molecular formula is C15H15FOP. The fraction of sp³-hybridized carbons (Fsp3) is 0.200. The lowest BCUT2D eigenvalue weighted by atomic mass is 10.1. The Morgan fingerprint density at radius 1 is 0.944 bits per heavy atom.